The third-order valence-corrected chi connectivity index (χ3v) is 4.48. The van der Waals surface area contributed by atoms with E-state index in [-0.39, 0.29) is 11.0 Å². The van der Waals surface area contributed by atoms with Crippen LogP contribution in [0.4, 0.5) is 5.95 Å². The molecule has 4 aromatic rings. The Balaban J connectivity index is 1.75. The smallest absolute Gasteiger partial charge is 0.230 e. The third kappa shape index (κ3) is 3.85. The van der Waals surface area contributed by atoms with Crippen LogP contribution in [0.1, 0.15) is 0 Å². The molecular weight excluding hydrogens is 402 g/mol. The Hall–Kier alpha value is -3.78. The summed E-state index contributed by atoms with van der Waals surface area (Å²) < 4.78 is 0. The second-order valence-corrected chi connectivity index (χ2v) is 6.73. The molecule has 2 aromatic heterocycles. The van der Waals surface area contributed by atoms with Gasteiger partial charge in [-0.25, -0.2) is 0 Å². The van der Waals surface area contributed by atoms with Crippen molar-refractivity contribution in [1.29, 1.82) is 0 Å². The number of hydrogen-bond donors (Lipinski definition) is 1. The molecule has 2 heterocycles. The molecule has 30 heavy (non-hydrogen) atoms. The molecule has 0 fully saturated rings. The molecular formula is C21H18ClN7O. The summed E-state index contributed by atoms with van der Waals surface area (Å²) in [5.74, 6) is 0.946. The molecule has 0 saturated heterocycles. The Bertz CT molecular complexity index is 1230. The number of aromatic nitrogens is 6. The van der Waals surface area contributed by atoms with Crippen LogP contribution < -0.4 is 4.90 Å². The van der Waals surface area contributed by atoms with Crippen molar-refractivity contribution < 1.29 is 5.11 Å². The van der Waals surface area contributed by atoms with Gasteiger partial charge in [0, 0.05) is 18.7 Å². The van der Waals surface area contributed by atoms with Crippen LogP contribution >= 0.6 is 11.6 Å². The van der Waals surface area contributed by atoms with Gasteiger partial charge in [-0.3, -0.25) is 0 Å². The first-order chi connectivity index (χ1) is 14.6. The zero-order valence-electron chi connectivity index (χ0n) is 16.0. The maximum absolute atomic E-state index is 10.1. The number of benzene rings is 2. The molecule has 0 amide bonds. The summed E-state index contributed by atoms with van der Waals surface area (Å²) >= 11 is 6.16. The topological polar surface area (TPSA) is 92.9 Å². The Morgan fingerprint density at radius 1 is 0.967 bits per heavy atom. The molecule has 8 nitrogen and oxygen atoms in total. The number of para-hydroxylation sites is 2. The SMILES string of the molecule is C=CCN(CC=C)c1nc(Cl)nc(-c2ccc3nn(-c4ccccc4O)nc3c2)n1. The molecule has 0 aliphatic rings. The number of rotatable bonds is 7. The first-order valence-corrected chi connectivity index (χ1v) is 9.51. The maximum Gasteiger partial charge on any atom is 0.230 e. The Morgan fingerprint density at radius 3 is 2.43 bits per heavy atom. The highest BCUT2D eigenvalue weighted by molar-refractivity contribution is 6.28. The summed E-state index contributed by atoms with van der Waals surface area (Å²) in [5, 5.41) is 19.0. The minimum Gasteiger partial charge on any atom is -0.506 e. The summed E-state index contributed by atoms with van der Waals surface area (Å²) in [6, 6.07) is 12.3. The molecule has 0 unspecified atom stereocenters. The van der Waals surface area contributed by atoms with Crippen molar-refractivity contribution >= 4 is 28.6 Å². The highest BCUT2D eigenvalue weighted by Gasteiger charge is 2.14. The average Bonchev–Trinajstić information content (AvgIpc) is 3.16. The van der Waals surface area contributed by atoms with Gasteiger partial charge in [0.2, 0.25) is 11.2 Å². The van der Waals surface area contributed by atoms with Gasteiger partial charge in [0.25, 0.3) is 0 Å². The van der Waals surface area contributed by atoms with E-state index in [1.807, 2.05) is 23.1 Å². The number of hydrogen-bond acceptors (Lipinski definition) is 7. The van der Waals surface area contributed by atoms with Crippen LogP contribution in [0, 0.1) is 0 Å². The zero-order chi connectivity index (χ0) is 21.1. The minimum absolute atomic E-state index is 0.0890. The van der Waals surface area contributed by atoms with E-state index in [0.717, 1.165) is 5.56 Å². The number of anilines is 1. The van der Waals surface area contributed by atoms with Crippen molar-refractivity contribution in [1.82, 2.24) is 29.9 Å². The van der Waals surface area contributed by atoms with E-state index in [1.165, 1.54) is 4.80 Å². The molecule has 2 aromatic carbocycles. The molecule has 0 bridgehead atoms. The molecule has 0 aliphatic heterocycles. The van der Waals surface area contributed by atoms with E-state index in [9.17, 15) is 5.11 Å². The predicted octanol–water partition coefficient (Wildman–Crippen LogP) is 3.81. The van der Waals surface area contributed by atoms with Gasteiger partial charge in [-0.15, -0.1) is 28.2 Å². The fraction of sp³-hybridized carbons (Fsp3) is 0.0952. The molecule has 0 spiro atoms. The third-order valence-electron chi connectivity index (χ3n) is 4.31. The molecule has 0 atom stereocenters. The Kier molecular flexibility index (Phi) is 5.40. The minimum atomic E-state index is 0.0890. The van der Waals surface area contributed by atoms with Crippen LogP contribution in [0.25, 0.3) is 28.1 Å². The van der Waals surface area contributed by atoms with Gasteiger partial charge in [-0.05, 0) is 41.9 Å². The number of halogens is 1. The molecule has 0 aliphatic carbocycles. The second kappa shape index (κ2) is 8.30. The van der Waals surface area contributed by atoms with Gasteiger partial charge in [-0.1, -0.05) is 24.3 Å². The largest absolute Gasteiger partial charge is 0.506 e. The number of phenolic OH excluding ortho intramolecular Hbond substituents is 1. The van der Waals surface area contributed by atoms with E-state index in [1.54, 1.807) is 36.4 Å². The van der Waals surface area contributed by atoms with Crippen LogP contribution in [-0.2, 0) is 0 Å². The molecule has 150 valence electrons. The van der Waals surface area contributed by atoms with Crippen molar-refractivity contribution in [2.24, 2.45) is 0 Å². The highest BCUT2D eigenvalue weighted by Crippen LogP contribution is 2.25. The van der Waals surface area contributed by atoms with Gasteiger partial charge >= 0.3 is 0 Å². The molecule has 0 radical (unpaired) electrons. The van der Waals surface area contributed by atoms with Gasteiger partial charge in [0.05, 0.1) is 0 Å². The second-order valence-electron chi connectivity index (χ2n) is 6.39. The van der Waals surface area contributed by atoms with Crippen molar-refractivity contribution in [2.75, 3.05) is 18.0 Å². The van der Waals surface area contributed by atoms with Crippen molar-refractivity contribution in [3.05, 3.63) is 73.1 Å². The number of aromatic hydroxyl groups is 1. The maximum atomic E-state index is 10.1. The van der Waals surface area contributed by atoms with Gasteiger partial charge in [0.15, 0.2) is 5.82 Å². The van der Waals surface area contributed by atoms with Crippen LogP contribution in [0.3, 0.4) is 0 Å². The first-order valence-electron chi connectivity index (χ1n) is 9.13. The van der Waals surface area contributed by atoms with Gasteiger partial charge in [0.1, 0.15) is 22.5 Å². The Morgan fingerprint density at radius 2 is 1.70 bits per heavy atom. The van der Waals surface area contributed by atoms with Crippen LogP contribution in [0.2, 0.25) is 5.28 Å². The number of nitrogens with zero attached hydrogens (tertiary/aromatic N) is 7. The lowest BCUT2D eigenvalue weighted by molar-refractivity contribution is 0.468. The molecule has 0 saturated carbocycles. The fourth-order valence-electron chi connectivity index (χ4n) is 2.95. The van der Waals surface area contributed by atoms with E-state index >= 15 is 0 Å². The fourth-order valence-corrected chi connectivity index (χ4v) is 3.11. The van der Waals surface area contributed by atoms with E-state index in [2.05, 4.69) is 38.3 Å². The Labute approximate surface area is 177 Å². The standard InChI is InChI=1S/C21H18ClN7O/c1-3-11-28(12-4-2)21-24-19(23-20(22)25-21)14-9-10-15-16(13-14)27-29(26-15)17-7-5-6-8-18(17)30/h3-10,13,30H,1-2,11-12H2. The van der Waals surface area contributed by atoms with Crippen LogP contribution in [0.5, 0.6) is 5.75 Å². The molecule has 9 heteroatoms. The summed E-state index contributed by atoms with van der Waals surface area (Å²) in [5.41, 5.74) is 2.50. The molecule has 1 N–H and O–H groups in total. The lowest BCUT2D eigenvalue weighted by Crippen LogP contribution is -2.25. The highest BCUT2D eigenvalue weighted by atomic mass is 35.5. The zero-order valence-corrected chi connectivity index (χ0v) is 16.7. The monoisotopic (exact) mass is 419 g/mol. The number of fused-ring (bicyclic) bond motifs is 1. The quantitative estimate of drug-likeness (QED) is 0.455. The summed E-state index contributed by atoms with van der Waals surface area (Å²) in [7, 11) is 0. The average molecular weight is 420 g/mol. The van der Waals surface area contributed by atoms with Crippen LogP contribution in [-0.4, -0.2) is 48.1 Å². The predicted molar refractivity (Wildman–Crippen MR) is 117 cm³/mol. The summed E-state index contributed by atoms with van der Waals surface area (Å²) in [4.78, 5) is 16.3. The van der Waals surface area contributed by atoms with Crippen molar-refractivity contribution in [2.45, 2.75) is 0 Å². The first kappa shape index (κ1) is 19.5. The summed E-state index contributed by atoms with van der Waals surface area (Å²) in [6.07, 6.45) is 3.51. The van der Waals surface area contributed by atoms with Gasteiger partial charge < -0.3 is 10.0 Å². The van der Waals surface area contributed by atoms with Crippen molar-refractivity contribution in [3.63, 3.8) is 0 Å². The van der Waals surface area contributed by atoms with E-state index in [0.29, 0.717) is 41.6 Å². The van der Waals surface area contributed by atoms with E-state index in [4.69, 9.17) is 11.6 Å². The van der Waals surface area contributed by atoms with Crippen molar-refractivity contribution in [3.8, 4) is 22.8 Å². The van der Waals surface area contributed by atoms with E-state index < -0.39 is 0 Å². The normalized spacial score (nSPS) is 10.8. The lowest BCUT2D eigenvalue weighted by Gasteiger charge is -2.19. The van der Waals surface area contributed by atoms with Gasteiger partial charge in [-0.2, -0.15) is 15.0 Å². The lowest BCUT2D eigenvalue weighted by atomic mass is 10.2. The van der Waals surface area contributed by atoms with Crippen LogP contribution in [0.15, 0.2) is 67.8 Å². The summed E-state index contributed by atoms with van der Waals surface area (Å²) in [6.45, 7) is 8.61. The molecule has 4 rings (SSSR count). The number of phenols is 1.